The van der Waals surface area contributed by atoms with E-state index in [1.54, 1.807) is 12.4 Å². The largest absolute Gasteiger partial charge is 0.480 e. The molecule has 82 valence electrons. The number of carboxylic acid groups (broad SMARTS) is 1. The van der Waals surface area contributed by atoms with Crippen LogP contribution < -0.4 is 4.90 Å². The SMILES string of the molecule is CCCN(CC(=O)O)c1ccncc1Br. The molecule has 1 aromatic rings. The van der Waals surface area contributed by atoms with Gasteiger partial charge in [0.25, 0.3) is 0 Å². The molecular formula is C10H13BrN2O2. The van der Waals surface area contributed by atoms with Gasteiger partial charge in [-0.15, -0.1) is 0 Å². The number of rotatable bonds is 5. The van der Waals surface area contributed by atoms with Gasteiger partial charge in [0.05, 0.1) is 10.2 Å². The highest BCUT2D eigenvalue weighted by Crippen LogP contribution is 2.24. The average molecular weight is 273 g/mol. The van der Waals surface area contributed by atoms with E-state index in [0.717, 1.165) is 23.1 Å². The van der Waals surface area contributed by atoms with Crippen LogP contribution in [-0.4, -0.2) is 29.1 Å². The first-order chi connectivity index (χ1) is 7.15. The highest BCUT2D eigenvalue weighted by atomic mass is 79.9. The number of hydrogen-bond acceptors (Lipinski definition) is 3. The summed E-state index contributed by atoms with van der Waals surface area (Å²) in [5.74, 6) is -0.827. The van der Waals surface area contributed by atoms with Gasteiger partial charge in [-0.05, 0) is 28.4 Å². The number of halogens is 1. The molecule has 0 saturated carbocycles. The van der Waals surface area contributed by atoms with E-state index < -0.39 is 5.97 Å². The van der Waals surface area contributed by atoms with Crippen molar-refractivity contribution >= 4 is 27.6 Å². The lowest BCUT2D eigenvalue weighted by Crippen LogP contribution is -2.30. The van der Waals surface area contributed by atoms with Crippen LogP contribution in [0.2, 0.25) is 0 Å². The van der Waals surface area contributed by atoms with Crippen LogP contribution in [0.25, 0.3) is 0 Å². The highest BCUT2D eigenvalue weighted by molar-refractivity contribution is 9.10. The minimum absolute atomic E-state index is 0.0104. The molecule has 0 atom stereocenters. The van der Waals surface area contributed by atoms with Crippen LogP contribution in [-0.2, 0) is 4.79 Å². The van der Waals surface area contributed by atoms with Crippen molar-refractivity contribution in [3.05, 3.63) is 22.9 Å². The normalized spacial score (nSPS) is 10.0. The van der Waals surface area contributed by atoms with Gasteiger partial charge in [-0.2, -0.15) is 0 Å². The predicted octanol–water partition coefficient (Wildman–Crippen LogP) is 2.15. The van der Waals surface area contributed by atoms with Crippen molar-refractivity contribution in [1.82, 2.24) is 4.98 Å². The smallest absolute Gasteiger partial charge is 0.323 e. The van der Waals surface area contributed by atoms with Crippen LogP contribution in [0.5, 0.6) is 0 Å². The molecule has 0 aliphatic rings. The zero-order chi connectivity index (χ0) is 11.3. The minimum atomic E-state index is -0.827. The van der Waals surface area contributed by atoms with Gasteiger partial charge < -0.3 is 10.0 Å². The summed E-state index contributed by atoms with van der Waals surface area (Å²) >= 11 is 3.36. The predicted molar refractivity (Wildman–Crippen MR) is 62.1 cm³/mol. The van der Waals surface area contributed by atoms with E-state index in [-0.39, 0.29) is 6.54 Å². The summed E-state index contributed by atoms with van der Waals surface area (Å²) in [6.07, 6.45) is 4.23. The van der Waals surface area contributed by atoms with Crippen molar-refractivity contribution in [1.29, 1.82) is 0 Å². The van der Waals surface area contributed by atoms with Gasteiger partial charge in [0, 0.05) is 18.9 Å². The molecule has 0 spiro atoms. The Morgan fingerprint density at radius 2 is 2.40 bits per heavy atom. The second-order valence-electron chi connectivity index (χ2n) is 3.14. The molecule has 4 nitrogen and oxygen atoms in total. The van der Waals surface area contributed by atoms with E-state index in [1.807, 2.05) is 17.9 Å². The standard InChI is InChI=1S/C10H13BrN2O2/c1-2-5-13(7-10(14)15)9-3-4-12-6-8(9)11/h3-4,6H,2,5,7H2,1H3,(H,14,15). The van der Waals surface area contributed by atoms with Crippen LogP contribution in [0.1, 0.15) is 13.3 Å². The summed E-state index contributed by atoms with van der Waals surface area (Å²) in [5, 5.41) is 8.79. The molecule has 0 unspecified atom stereocenters. The fourth-order valence-corrected chi connectivity index (χ4v) is 1.84. The van der Waals surface area contributed by atoms with E-state index >= 15 is 0 Å². The van der Waals surface area contributed by atoms with Gasteiger partial charge in [0.2, 0.25) is 0 Å². The van der Waals surface area contributed by atoms with Crippen molar-refractivity contribution in [2.45, 2.75) is 13.3 Å². The summed E-state index contributed by atoms with van der Waals surface area (Å²) in [5.41, 5.74) is 0.870. The lowest BCUT2D eigenvalue weighted by Gasteiger charge is -2.22. The third kappa shape index (κ3) is 3.51. The summed E-state index contributed by atoms with van der Waals surface area (Å²) in [6.45, 7) is 2.75. The molecule has 0 saturated heterocycles. The first kappa shape index (κ1) is 12.0. The second kappa shape index (κ2) is 5.70. The number of pyridine rings is 1. The molecule has 1 rings (SSSR count). The number of carboxylic acids is 1. The zero-order valence-corrected chi connectivity index (χ0v) is 10.1. The Labute approximate surface area is 97.1 Å². The maximum absolute atomic E-state index is 10.7. The quantitative estimate of drug-likeness (QED) is 0.893. The maximum atomic E-state index is 10.7. The fraction of sp³-hybridized carbons (Fsp3) is 0.400. The van der Waals surface area contributed by atoms with Crippen molar-refractivity contribution in [3.8, 4) is 0 Å². The van der Waals surface area contributed by atoms with Gasteiger partial charge in [-0.25, -0.2) is 0 Å². The molecular weight excluding hydrogens is 260 g/mol. The summed E-state index contributed by atoms with van der Waals surface area (Å²) in [7, 11) is 0. The van der Waals surface area contributed by atoms with Crippen molar-refractivity contribution in [2.75, 3.05) is 18.0 Å². The Bertz CT molecular complexity index is 344. The van der Waals surface area contributed by atoms with Gasteiger partial charge in [0.15, 0.2) is 0 Å². The minimum Gasteiger partial charge on any atom is -0.480 e. The summed E-state index contributed by atoms with van der Waals surface area (Å²) in [4.78, 5) is 16.5. The Hall–Kier alpha value is -1.10. The van der Waals surface area contributed by atoms with E-state index in [4.69, 9.17) is 5.11 Å². The van der Waals surface area contributed by atoms with Crippen molar-refractivity contribution in [2.24, 2.45) is 0 Å². The van der Waals surface area contributed by atoms with Crippen LogP contribution >= 0.6 is 15.9 Å². The van der Waals surface area contributed by atoms with Crippen LogP contribution in [0, 0.1) is 0 Å². The third-order valence-corrected chi connectivity index (χ3v) is 2.52. The highest BCUT2D eigenvalue weighted by Gasteiger charge is 2.12. The molecule has 5 heteroatoms. The monoisotopic (exact) mass is 272 g/mol. The van der Waals surface area contributed by atoms with E-state index in [1.165, 1.54) is 0 Å². The number of carbonyl (C=O) groups is 1. The number of hydrogen-bond donors (Lipinski definition) is 1. The molecule has 0 radical (unpaired) electrons. The van der Waals surface area contributed by atoms with Gasteiger partial charge in [0.1, 0.15) is 6.54 Å². The number of aliphatic carboxylic acids is 1. The molecule has 15 heavy (non-hydrogen) atoms. The Kier molecular flexibility index (Phi) is 4.55. The van der Waals surface area contributed by atoms with Crippen LogP contribution in [0.3, 0.4) is 0 Å². The van der Waals surface area contributed by atoms with Gasteiger partial charge in [-0.1, -0.05) is 6.92 Å². The van der Waals surface area contributed by atoms with E-state index in [9.17, 15) is 4.79 Å². The first-order valence-electron chi connectivity index (χ1n) is 4.71. The number of anilines is 1. The lowest BCUT2D eigenvalue weighted by atomic mass is 10.3. The van der Waals surface area contributed by atoms with Crippen LogP contribution in [0.4, 0.5) is 5.69 Å². The van der Waals surface area contributed by atoms with Gasteiger partial charge >= 0.3 is 5.97 Å². The number of aromatic nitrogens is 1. The molecule has 1 heterocycles. The van der Waals surface area contributed by atoms with E-state index in [2.05, 4.69) is 20.9 Å². The zero-order valence-electron chi connectivity index (χ0n) is 8.48. The maximum Gasteiger partial charge on any atom is 0.323 e. The Morgan fingerprint density at radius 1 is 1.67 bits per heavy atom. The summed E-state index contributed by atoms with van der Waals surface area (Å²) < 4.78 is 0.819. The molecule has 0 aliphatic carbocycles. The Morgan fingerprint density at radius 3 is 2.93 bits per heavy atom. The van der Waals surface area contributed by atoms with Crippen molar-refractivity contribution in [3.63, 3.8) is 0 Å². The molecule has 0 amide bonds. The Balaban J connectivity index is 2.88. The second-order valence-corrected chi connectivity index (χ2v) is 4.00. The molecule has 1 N–H and O–H groups in total. The van der Waals surface area contributed by atoms with Crippen LogP contribution in [0.15, 0.2) is 22.9 Å². The topological polar surface area (TPSA) is 53.4 Å². The van der Waals surface area contributed by atoms with Gasteiger partial charge in [-0.3, -0.25) is 9.78 Å². The van der Waals surface area contributed by atoms with Crippen molar-refractivity contribution < 1.29 is 9.90 Å². The molecule has 0 aliphatic heterocycles. The van der Waals surface area contributed by atoms with E-state index in [0.29, 0.717) is 0 Å². The number of nitrogens with zero attached hydrogens (tertiary/aromatic N) is 2. The lowest BCUT2D eigenvalue weighted by molar-refractivity contribution is -0.135. The molecule has 0 aromatic carbocycles. The molecule has 0 bridgehead atoms. The summed E-state index contributed by atoms with van der Waals surface area (Å²) in [6, 6.07) is 1.81. The molecule has 0 fully saturated rings. The fourth-order valence-electron chi connectivity index (χ4n) is 1.34. The third-order valence-electron chi connectivity index (χ3n) is 1.91. The first-order valence-corrected chi connectivity index (χ1v) is 5.50. The molecule has 1 aromatic heterocycles. The average Bonchev–Trinajstić information content (AvgIpc) is 2.17.